The average Bonchev–Trinajstić information content (AvgIpc) is 3.14. The largest absolute Gasteiger partial charge is 0.497 e. The maximum atomic E-state index is 12.8. The molecular weight excluding hydrogens is 464 g/mol. The second-order valence-electron chi connectivity index (χ2n) is 7.54. The van der Waals surface area contributed by atoms with Gasteiger partial charge in [0.05, 0.1) is 19.3 Å². The lowest BCUT2D eigenvalue weighted by atomic mass is 10.1. The Kier molecular flexibility index (Phi) is 8.65. The Morgan fingerprint density at radius 1 is 1.06 bits per heavy atom. The fraction of sp³-hybridized carbons (Fsp3) is 0.222. The number of hydrogen-bond donors (Lipinski definition) is 1. The summed E-state index contributed by atoms with van der Waals surface area (Å²) in [5.41, 5.74) is 2.64. The molecule has 0 unspecified atom stereocenters. The van der Waals surface area contributed by atoms with E-state index in [1.807, 2.05) is 37.3 Å². The molecule has 1 amide bonds. The standard InChI is InChI=1S/C27H26N2O5S/c1-5-33-27(31)24-17(2)18(3)35-26(24)29-25(30)21(15-28)14-19-6-12-23(13-7-19)34-16-20-8-10-22(32-4)11-9-20/h6-14H,5,16H2,1-4H3,(H,29,30)/b21-14+. The summed E-state index contributed by atoms with van der Waals surface area (Å²) in [6.07, 6.45) is 1.49. The third-order valence-electron chi connectivity index (χ3n) is 5.21. The van der Waals surface area contributed by atoms with Crippen LogP contribution in [0.2, 0.25) is 0 Å². The fourth-order valence-corrected chi connectivity index (χ4v) is 4.24. The van der Waals surface area contributed by atoms with Crippen molar-refractivity contribution in [3.63, 3.8) is 0 Å². The number of esters is 1. The van der Waals surface area contributed by atoms with Crippen molar-refractivity contribution in [2.24, 2.45) is 0 Å². The van der Waals surface area contributed by atoms with E-state index in [9.17, 15) is 14.9 Å². The fourth-order valence-electron chi connectivity index (χ4n) is 3.20. The molecule has 2 aromatic carbocycles. The second-order valence-corrected chi connectivity index (χ2v) is 8.76. The van der Waals surface area contributed by atoms with Crippen LogP contribution >= 0.6 is 11.3 Å². The number of ether oxygens (including phenoxy) is 3. The molecule has 0 spiro atoms. The first kappa shape index (κ1) is 25.5. The van der Waals surface area contributed by atoms with Gasteiger partial charge in [0.15, 0.2) is 0 Å². The van der Waals surface area contributed by atoms with Crippen molar-refractivity contribution in [3.05, 3.63) is 81.2 Å². The highest BCUT2D eigenvalue weighted by Gasteiger charge is 2.23. The third-order valence-corrected chi connectivity index (χ3v) is 6.34. The minimum atomic E-state index is -0.598. The maximum Gasteiger partial charge on any atom is 0.341 e. The molecule has 180 valence electrons. The Balaban J connectivity index is 1.69. The number of nitriles is 1. The Bertz CT molecular complexity index is 1270. The highest BCUT2D eigenvalue weighted by atomic mass is 32.1. The number of nitrogens with zero attached hydrogens (tertiary/aromatic N) is 1. The Morgan fingerprint density at radius 2 is 1.71 bits per heavy atom. The van der Waals surface area contributed by atoms with E-state index in [1.165, 1.54) is 17.4 Å². The smallest absolute Gasteiger partial charge is 0.341 e. The van der Waals surface area contributed by atoms with Crippen molar-refractivity contribution >= 4 is 34.3 Å². The van der Waals surface area contributed by atoms with Crippen LogP contribution in [0.4, 0.5) is 5.00 Å². The molecule has 35 heavy (non-hydrogen) atoms. The van der Waals surface area contributed by atoms with Gasteiger partial charge < -0.3 is 19.5 Å². The normalized spacial score (nSPS) is 10.9. The number of rotatable bonds is 9. The molecule has 1 aromatic heterocycles. The zero-order valence-electron chi connectivity index (χ0n) is 20.0. The second kappa shape index (κ2) is 11.9. The van der Waals surface area contributed by atoms with Crippen molar-refractivity contribution < 1.29 is 23.8 Å². The van der Waals surface area contributed by atoms with E-state index in [1.54, 1.807) is 45.2 Å². The molecule has 3 aromatic rings. The average molecular weight is 491 g/mol. The number of carbonyl (C=O) groups is 2. The first-order valence-corrected chi connectivity index (χ1v) is 11.7. The lowest BCUT2D eigenvalue weighted by molar-refractivity contribution is -0.112. The summed E-state index contributed by atoms with van der Waals surface area (Å²) in [7, 11) is 1.62. The topological polar surface area (TPSA) is 97.7 Å². The maximum absolute atomic E-state index is 12.8. The van der Waals surface area contributed by atoms with E-state index in [0.717, 1.165) is 21.8 Å². The van der Waals surface area contributed by atoms with Gasteiger partial charge in [-0.1, -0.05) is 24.3 Å². The van der Waals surface area contributed by atoms with E-state index < -0.39 is 11.9 Å². The molecule has 1 N–H and O–H groups in total. The minimum Gasteiger partial charge on any atom is -0.497 e. The van der Waals surface area contributed by atoms with Gasteiger partial charge >= 0.3 is 5.97 Å². The third kappa shape index (κ3) is 6.49. The summed E-state index contributed by atoms with van der Waals surface area (Å²) in [5.74, 6) is 0.338. The number of carbonyl (C=O) groups excluding carboxylic acids is 2. The molecule has 8 heteroatoms. The van der Waals surface area contributed by atoms with E-state index in [2.05, 4.69) is 5.32 Å². The summed E-state index contributed by atoms with van der Waals surface area (Å²) < 4.78 is 16.1. The molecule has 0 bridgehead atoms. The van der Waals surface area contributed by atoms with Crippen LogP contribution in [0.5, 0.6) is 11.5 Å². The van der Waals surface area contributed by atoms with Crippen LogP contribution in [-0.4, -0.2) is 25.6 Å². The van der Waals surface area contributed by atoms with E-state index >= 15 is 0 Å². The molecule has 0 atom stereocenters. The number of benzene rings is 2. The Morgan fingerprint density at radius 3 is 2.31 bits per heavy atom. The molecule has 0 fully saturated rings. The molecule has 7 nitrogen and oxygen atoms in total. The molecule has 0 saturated carbocycles. The molecule has 0 aliphatic rings. The van der Waals surface area contributed by atoms with Crippen LogP contribution < -0.4 is 14.8 Å². The first-order valence-electron chi connectivity index (χ1n) is 10.9. The van der Waals surface area contributed by atoms with Crippen LogP contribution in [0, 0.1) is 25.2 Å². The SMILES string of the molecule is CCOC(=O)c1c(NC(=O)/C(C#N)=C/c2ccc(OCc3ccc(OC)cc3)cc2)sc(C)c1C. The summed E-state index contributed by atoms with van der Waals surface area (Å²) in [6, 6.07) is 16.6. The van der Waals surface area contributed by atoms with E-state index in [4.69, 9.17) is 14.2 Å². The van der Waals surface area contributed by atoms with E-state index in [-0.39, 0.29) is 12.2 Å². The number of aryl methyl sites for hydroxylation is 1. The highest BCUT2D eigenvalue weighted by Crippen LogP contribution is 2.33. The number of hydrogen-bond acceptors (Lipinski definition) is 7. The van der Waals surface area contributed by atoms with Gasteiger partial charge in [-0.2, -0.15) is 5.26 Å². The number of methoxy groups -OCH3 is 1. The lowest BCUT2D eigenvalue weighted by Crippen LogP contribution is -2.16. The Hall–Kier alpha value is -4.09. The van der Waals surface area contributed by atoms with Crippen LogP contribution in [-0.2, 0) is 16.1 Å². The van der Waals surface area contributed by atoms with Crippen molar-refractivity contribution in [1.82, 2.24) is 0 Å². The first-order chi connectivity index (χ1) is 16.9. The monoisotopic (exact) mass is 490 g/mol. The summed E-state index contributed by atoms with van der Waals surface area (Å²) in [6.45, 7) is 6.00. The van der Waals surface area contributed by atoms with Gasteiger partial charge in [0.25, 0.3) is 5.91 Å². The van der Waals surface area contributed by atoms with Crippen molar-refractivity contribution in [2.75, 3.05) is 19.0 Å². The zero-order valence-corrected chi connectivity index (χ0v) is 20.8. The number of nitrogens with one attached hydrogen (secondary N) is 1. The van der Waals surface area contributed by atoms with Crippen molar-refractivity contribution in [3.8, 4) is 17.6 Å². The molecule has 1 heterocycles. The van der Waals surface area contributed by atoms with Gasteiger partial charge in [-0.05, 0) is 67.8 Å². The van der Waals surface area contributed by atoms with Crippen LogP contribution in [0.3, 0.4) is 0 Å². The van der Waals surface area contributed by atoms with Crippen LogP contribution in [0.25, 0.3) is 6.08 Å². The minimum absolute atomic E-state index is 0.0876. The van der Waals surface area contributed by atoms with E-state index in [0.29, 0.717) is 28.5 Å². The number of amides is 1. The summed E-state index contributed by atoms with van der Waals surface area (Å²) >= 11 is 1.27. The van der Waals surface area contributed by atoms with Crippen molar-refractivity contribution in [2.45, 2.75) is 27.4 Å². The molecule has 0 aliphatic carbocycles. The van der Waals surface area contributed by atoms with Gasteiger partial charge in [0, 0.05) is 4.88 Å². The van der Waals surface area contributed by atoms with Gasteiger partial charge in [0.2, 0.25) is 0 Å². The quantitative estimate of drug-likeness (QED) is 0.236. The van der Waals surface area contributed by atoms with Gasteiger partial charge in [-0.15, -0.1) is 11.3 Å². The predicted octanol–water partition coefficient (Wildman–Crippen LogP) is 5.67. The molecule has 0 saturated heterocycles. The summed E-state index contributed by atoms with van der Waals surface area (Å²) in [5, 5.41) is 12.6. The molecule has 0 aliphatic heterocycles. The zero-order chi connectivity index (χ0) is 25.4. The molecule has 0 radical (unpaired) electrons. The molecule has 3 rings (SSSR count). The van der Waals surface area contributed by atoms with Gasteiger partial charge in [-0.25, -0.2) is 4.79 Å². The summed E-state index contributed by atoms with van der Waals surface area (Å²) in [4.78, 5) is 26.0. The Labute approximate surface area is 208 Å². The van der Waals surface area contributed by atoms with Gasteiger partial charge in [-0.3, -0.25) is 4.79 Å². The highest BCUT2D eigenvalue weighted by molar-refractivity contribution is 7.16. The lowest BCUT2D eigenvalue weighted by Gasteiger charge is -2.08. The number of anilines is 1. The molecular formula is C27H26N2O5S. The van der Waals surface area contributed by atoms with Crippen LogP contribution in [0.15, 0.2) is 54.1 Å². The predicted molar refractivity (Wildman–Crippen MR) is 136 cm³/mol. The number of thiophene rings is 1. The van der Waals surface area contributed by atoms with Gasteiger partial charge in [0.1, 0.15) is 34.7 Å². The van der Waals surface area contributed by atoms with Crippen LogP contribution in [0.1, 0.15) is 38.8 Å². The van der Waals surface area contributed by atoms with Crippen molar-refractivity contribution in [1.29, 1.82) is 5.26 Å².